The molecule has 2 unspecified atom stereocenters. The van der Waals surface area contributed by atoms with Gasteiger partial charge in [-0.2, -0.15) is 0 Å². The smallest absolute Gasteiger partial charge is 0.257 e. The van der Waals surface area contributed by atoms with Crippen molar-refractivity contribution in [2.45, 2.75) is 57.2 Å². The van der Waals surface area contributed by atoms with Gasteiger partial charge in [0.05, 0.1) is 5.56 Å². The maximum absolute atomic E-state index is 13.9. The Morgan fingerprint density at radius 3 is 2.57 bits per heavy atom. The van der Waals surface area contributed by atoms with Crippen LogP contribution in [0.15, 0.2) is 24.3 Å². The molecule has 0 spiro atoms. The van der Waals surface area contributed by atoms with Gasteiger partial charge in [-0.3, -0.25) is 4.79 Å². The molecule has 0 radical (unpaired) electrons. The van der Waals surface area contributed by atoms with Crippen LogP contribution in [-0.2, 0) is 0 Å². The molecule has 114 valence electrons. The molecule has 3 nitrogen and oxygen atoms in total. The van der Waals surface area contributed by atoms with Gasteiger partial charge in [0, 0.05) is 24.7 Å². The van der Waals surface area contributed by atoms with Crippen molar-refractivity contribution in [2.75, 3.05) is 6.54 Å². The first-order valence-corrected chi connectivity index (χ1v) is 8.00. The highest BCUT2D eigenvalue weighted by Gasteiger charge is 2.37. The summed E-state index contributed by atoms with van der Waals surface area (Å²) < 4.78 is 13.9. The molecule has 2 atom stereocenters. The van der Waals surface area contributed by atoms with E-state index in [1.54, 1.807) is 18.2 Å². The minimum absolute atomic E-state index is 0.152. The van der Waals surface area contributed by atoms with Crippen LogP contribution >= 0.6 is 0 Å². The van der Waals surface area contributed by atoms with E-state index in [2.05, 4.69) is 12.2 Å². The Morgan fingerprint density at radius 2 is 1.95 bits per heavy atom. The van der Waals surface area contributed by atoms with Crippen LogP contribution in [0.5, 0.6) is 0 Å². The molecule has 0 saturated carbocycles. The minimum Gasteiger partial charge on any atom is -0.335 e. The number of halogens is 1. The van der Waals surface area contributed by atoms with Gasteiger partial charge in [0.25, 0.3) is 5.91 Å². The molecule has 2 bridgehead atoms. The highest BCUT2D eigenvalue weighted by atomic mass is 19.1. The Balaban J connectivity index is 1.81. The van der Waals surface area contributed by atoms with E-state index >= 15 is 0 Å². The summed E-state index contributed by atoms with van der Waals surface area (Å²) in [4.78, 5) is 14.7. The van der Waals surface area contributed by atoms with Crippen molar-refractivity contribution in [1.82, 2.24) is 10.2 Å². The first-order valence-electron chi connectivity index (χ1n) is 8.00. The van der Waals surface area contributed by atoms with Gasteiger partial charge in [0.2, 0.25) is 0 Å². The second-order valence-corrected chi connectivity index (χ2v) is 6.24. The summed E-state index contributed by atoms with van der Waals surface area (Å²) in [5.74, 6) is -0.568. The summed E-state index contributed by atoms with van der Waals surface area (Å²) in [6.45, 7) is 2.77. The fourth-order valence-corrected chi connectivity index (χ4v) is 3.76. The number of piperidine rings is 1. The topological polar surface area (TPSA) is 32.3 Å². The van der Waals surface area contributed by atoms with E-state index in [0.717, 1.165) is 19.3 Å². The molecule has 2 aliphatic heterocycles. The quantitative estimate of drug-likeness (QED) is 0.924. The van der Waals surface area contributed by atoms with Crippen LogP contribution in [0.2, 0.25) is 0 Å². The number of hydrogen-bond donors (Lipinski definition) is 1. The number of carbonyl (C=O) groups is 1. The largest absolute Gasteiger partial charge is 0.335 e. The predicted octanol–water partition coefficient (Wildman–Crippen LogP) is 2.96. The summed E-state index contributed by atoms with van der Waals surface area (Å²) in [5.41, 5.74) is 0.205. The van der Waals surface area contributed by atoms with Crippen LogP contribution in [0.3, 0.4) is 0 Å². The van der Waals surface area contributed by atoms with Crippen LogP contribution in [0.1, 0.15) is 49.4 Å². The molecule has 1 amide bonds. The van der Waals surface area contributed by atoms with Crippen LogP contribution in [-0.4, -0.2) is 35.5 Å². The summed E-state index contributed by atoms with van der Waals surface area (Å²) in [7, 11) is 0. The van der Waals surface area contributed by atoms with Gasteiger partial charge >= 0.3 is 0 Å². The Kier molecular flexibility index (Phi) is 4.24. The molecular weight excluding hydrogens is 267 g/mol. The second-order valence-electron chi connectivity index (χ2n) is 6.24. The van der Waals surface area contributed by atoms with Crippen molar-refractivity contribution in [3.05, 3.63) is 35.6 Å². The lowest BCUT2D eigenvalue weighted by atomic mass is 9.97. The van der Waals surface area contributed by atoms with Gasteiger partial charge in [-0.1, -0.05) is 19.1 Å². The van der Waals surface area contributed by atoms with Crippen LogP contribution in [0, 0.1) is 5.82 Å². The number of nitrogens with zero attached hydrogens (tertiary/aromatic N) is 1. The first kappa shape index (κ1) is 14.5. The fraction of sp³-hybridized carbons (Fsp3) is 0.588. The van der Waals surface area contributed by atoms with E-state index in [1.807, 2.05) is 4.90 Å². The monoisotopic (exact) mass is 290 g/mol. The molecule has 3 rings (SSSR count). The summed E-state index contributed by atoms with van der Waals surface area (Å²) in [6, 6.07) is 7.62. The van der Waals surface area contributed by atoms with Gasteiger partial charge in [-0.25, -0.2) is 4.39 Å². The highest BCUT2D eigenvalue weighted by molar-refractivity contribution is 5.94. The third kappa shape index (κ3) is 2.95. The van der Waals surface area contributed by atoms with Gasteiger partial charge in [0.1, 0.15) is 5.82 Å². The molecule has 4 heteroatoms. The van der Waals surface area contributed by atoms with Crippen molar-refractivity contribution in [2.24, 2.45) is 0 Å². The Labute approximate surface area is 125 Å². The van der Waals surface area contributed by atoms with Crippen LogP contribution in [0.25, 0.3) is 0 Å². The number of fused-ring (bicyclic) bond motifs is 2. The van der Waals surface area contributed by atoms with Crippen molar-refractivity contribution in [3.8, 4) is 0 Å². The van der Waals surface area contributed by atoms with E-state index < -0.39 is 5.82 Å². The van der Waals surface area contributed by atoms with Gasteiger partial charge in [0.15, 0.2) is 0 Å². The third-order valence-electron chi connectivity index (χ3n) is 4.72. The molecule has 21 heavy (non-hydrogen) atoms. The Morgan fingerprint density at radius 1 is 1.29 bits per heavy atom. The number of nitrogens with one attached hydrogen (secondary N) is 1. The summed E-state index contributed by atoms with van der Waals surface area (Å²) in [6.07, 6.45) is 5.30. The standard InChI is InChI=1S/C17H23FN2O/c1-2-9-20(14-10-12-7-8-13(11-14)19-12)17(21)15-5-3-4-6-16(15)18/h3-6,12-14,19H,2,7-11H2,1H3. The molecule has 2 heterocycles. The fourth-order valence-electron chi connectivity index (χ4n) is 3.76. The van der Waals surface area contributed by atoms with E-state index in [4.69, 9.17) is 0 Å². The number of hydrogen-bond acceptors (Lipinski definition) is 2. The van der Waals surface area contributed by atoms with Crippen molar-refractivity contribution >= 4 is 5.91 Å². The summed E-state index contributed by atoms with van der Waals surface area (Å²) >= 11 is 0. The normalized spacial score (nSPS) is 27.6. The van der Waals surface area contributed by atoms with Gasteiger partial charge < -0.3 is 10.2 Å². The zero-order valence-electron chi connectivity index (χ0n) is 12.5. The molecule has 2 aliphatic rings. The lowest BCUT2D eigenvalue weighted by molar-refractivity contribution is 0.0612. The van der Waals surface area contributed by atoms with Gasteiger partial charge in [-0.15, -0.1) is 0 Å². The molecule has 1 N–H and O–H groups in total. The molecule has 1 aromatic rings. The molecule has 1 aromatic carbocycles. The maximum Gasteiger partial charge on any atom is 0.257 e. The number of amides is 1. The Bertz CT molecular complexity index is 507. The molecule has 2 saturated heterocycles. The lowest BCUT2D eigenvalue weighted by Crippen LogP contribution is -2.50. The minimum atomic E-state index is -0.416. The summed E-state index contributed by atoms with van der Waals surface area (Å²) in [5, 5.41) is 3.60. The number of benzene rings is 1. The molecule has 0 aromatic heterocycles. The number of rotatable bonds is 4. The zero-order valence-corrected chi connectivity index (χ0v) is 12.5. The van der Waals surface area contributed by atoms with E-state index in [9.17, 15) is 9.18 Å². The van der Waals surface area contributed by atoms with Gasteiger partial charge in [-0.05, 0) is 44.2 Å². The number of carbonyl (C=O) groups excluding carboxylic acids is 1. The SMILES string of the molecule is CCCN(C(=O)c1ccccc1F)C1CC2CCC(C1)N2. The zero-order chi connectivity index (χ0) is 14.8. The van der Waals surface area contributed by atoms with Crippen LogP contribution in [0.4, 0.5) is 4.39 Å². The predicted molar refractivity (Wildman–Crippen MR) is 80.7 cm³/mol. The average Bonchev–Trinajstić information content (AvgIpc) is 2.83. The molecule has 0 aliphatic carbocycles. The maximum atomic E-state index is 13.9. The average molecular weight is 290 g/mol. The van der Waals surface area contributed by atoms with Crippen molar-refractivity contribution in [1.29, 1.82) is 0 Å². The van der Waals surface area contributed by atoms with E-state index in [1.165, 1.54) is 18.9 Å². The molecular formula is C17H23FN2O. The van der Waals surface area contributed by atoms with Crippen LogP contribution < -0.4 is 5.32 Å². The second kappa shape index (κ2) is 6.14. The lowest BCUT2D eigenvalue weighted by Gasteiger charge is -2.38. The molecule has 2 fully saturated rings. The third-order valence-corrected chi connectivity index (χ3v) is 4.72. The van der Waals surface area contributed by atoms with Crippen molar-refractivity contribution < 1.29 is 9.18 Å². The highest BCUT2D eigenvalue weighted by Crippen LogP contribution is 2.30. The van der Waals surface area contributed by atoms with E-state index in [0.29, 0.717) is 18.6 Å². The first-order chi connectivity index (χ1) is 10.2. The Hall–Kier alpha value is -1.42. The van der Waals surface area contributed by atoms with E-state index in [-0.39, 0.29) is 17.5 Å². The van der Waals surface area contributed by atoms with Crippen molar-refractivity contribution in [3.63, 3.8) is 0 Å².